The summed E-state index contributed by atoms with van der Waals surface area (Å²) in [7, 11) is -0.582. The van der Waals surface area contributed by atoms with E-state index in [1.54, 1.807) is 36.4 Å². The van der Waals surface area contributed by atoms with Gasteiger partial charge in [-0.3, -0.25) is 4.79 Å². The topological polar surface area (TPSA) is 75.7 Å². The van der Waals surface area contributed by atoms with Crippen LogP contribution in [0.25, 0.3) is 0 Å². The third-order valence-corrected chi connectivity index (χ3v) is 7.06. The van der Waals surface area contributed by atoms with E-state index in [0.29, 0.717) is 11.3 Å². The normalized spacial score (nSPS) is 11.4. The number of aryl methyl sites for hydroxylation is 1. The Kier molecular flexibility index (Phi) is 6.77. The minimum Gasteiger partial charge on any atom is -0.497 e. The van der Waals surface area contributed by atoms with Gasteiger partial charge in [0.2, 0.25) is 10.0 Å². The van der Waals surface area contributed by atoms with Crippen molar-refractivity contribution in [1.82, 2.24) is 4.31 Å². The molecule has 1 amide bonds. The van der Waals surface area contributed by atoms with Crippen LogP contribution in [0, 0.1) is 13.8 Å². The highest BCUT2D eigenvalue weighted by molar-refractivity contribution is 7.89. The van der Waals surface area contributed by atoms with Crippen molar-refractivity contribution in [1.29, 1.82) is 0 Å². The van der Waals surface area contributed by atoms with E-state index in [0.717, 1.165) is 22.4 Å². The van der Waals surface area contributed by atoms with Gasteiger partial charge in [0.15, 0.2) is 0 Å². The lowest BCUT2D eigenvalue weighted by atomic mass is 10.1. The van der Waals surface area contributed by atoms with Crippen molar-refractivity contribution in [2.24, 2.45) is 0 Å². The maximum Gasteiger partial charge on any atom is 0.255 e. The molecule has 0 fully saturated rings. The fraction of sp³-hybridized carbons (Fsp3) is 0.208. The van der Waals surface area contributed by atoms with E-state index in [9.17, 15) is 13.2 Å². The molecule has 6 nitrogen and oxygen atoms in total. The third kappa shape index (κ3) is 5.13. The van der Waals surface area contributed by atoms with Gasteiger partial charge in [-0.15, -0.1) is 0 Å². The molecule has 3 aromatic carbocycles. The van der Waals surface area contributed by atoms with Crippen molar-refractivity contribution in [3.63, 3.8) is 0 Å². The van der Waals surface area contributed by atoms with Gasteiger partial charge in [-0.05, 0) is 73.0 Å². The Hall–Kier alpha value is -3.16. The van der Waals surface area contributed by atoms with Gasteiger partial charge in [0, 0.05) is 24.8 Å². The van der Waals surface area contributed by atoms with Crippen LogP contribution in [0.5, 0.6) is 5.75 Å². The van der Waals surface area contributed by atoms with Crippen molar-refractivity contribution >= 4 is 21.6 Å². The van der Waals surface area contributed by atoms with Crippen LogP contribution >= 0.6 is 0 Å². The molecule has 3 aromatic rings. The van der Waals surface area contributed by atoms with Gasteiger partial charge in [0.1, 0.15) is 5.75 Å². The third-order valence-electron chi connectivity index (χ3n) is 5.24. The van der Waals surface area contributed by atoms with Gasteiger partial charge in [-0.25, -0.2) is 8.42 Å². The second kappa shape index (κ2) is 9.32. The van der Waals surface area contributed by atoms with Crippen molar-refractivity contribution < 1.29 is 17.9 Å². The molecule has 0 heterocycles. The second-order valence-corrected chi connectivity index (χ2v) is 9.38. The molecule has 7 heteroatoms. The number of hydrogen-bond donors (Lipinski definition) is 1. The number of carbonyl (C=O) groups excluding carboxylic acids is 1. The number of amides is 1. The first-order chi connectivity index (χ1) is 14.7. The van der Waals surface area contributed by atoms with Crippen LogP contribution in [0.15, 0.2) is 71.6 Å². The quantitative estimate of drug-likeness (QED) is 0.594. The van der Waals surface area contributed by atoms with Gasteiger partial charge >= 0.3 is 0 Å². The molecule has 0 aliphatic heterocycles. The lowest BCUT2D eigenvalue weighted by Gasteiger charge is -2.18. The van der Waals surface area contributed by atoms with Crippen molar-refractivity contribution in [3.8, 4) is 5.75 Å². The summed E-state index contributed by atoms with van der Waals surface area (Å²) < 4.78 is 31.9. The zero-order valence-electron chi connectivity index (χ0n) is 18.0. The Morgan fingerprint density at radius 3 is 2.23 bits per heavy atom. The molecule has 0 aromatic heterocycles. The number of nitrogens with zero attached hydrogens (tertiary/aromatic N) is 1. The zero-order valence-corrected chi connectivity index (χ0v) is 18.9. The highest BCUT2D eigenvalue weighted by atomic mass is 32.2. The van der Waals surface area contributed by atoms with Gasteiger partial charge in [-0.2, -0.15) is 4.31 Å². The largest absolute Gasteiger partial charge is 0.497 e. The van der Waals surface area contributed by atoms with Gasteiger partial charge in [0.05, 0.1) is 12.0 Å². The van der Waals surface area contributed by atoms with Crippen LogP contribution in [-0.4, -0.2) is 32.8 Å². The fourth-order valence-corrected chi connectivity index (χ4v) is 4.27. The lowest BCUT2D eigenvalue weighted by molar-refractivity contribution is 0.102. The molecule has 31 heavy (non-hydrogen) atoms. The van der Waals surface area contributed by atoms with Crippen LogP contribution in [0.4, 0.5) is 5.69 Å². The number of benzene rings is 3. The van der Waals surface area contributed by atoms with Crippen molar-refractivity contribution in [3.05, 3.63) is 89.0 Å². The summed E-state index contributed by atoms with van der Waals surface area (Å²) in [5.41, 5.74) is 4.19. The van der Waals surface area contributed by atoms with E-state index in [-0.39, 0.29) is 17.3 Å². The van der Waals surface area contributed by atoms with Crippen molar-refractivity contribution in [2.75, 3.05) is 19.5 Å². The molecule has 0 saturated carbocycles. The van der Waals surface area contributed by atoms with Crippen LogP contribution in [0.3, 0.4) is 0 Å². The number of sulfonamides is 1. The first-order valence-electron chi connectivity index (χ1n) is 9.79. The average Bonchev–Trinajstić information content (AvgIpc) is 2.77. The molecule has 1 N–H and O–H groups in total. The predicted octanol–water partition coefficient (Wildman–Crippen LogP) is 4.39. The van der Waals surface area contributed by atoms with Gasteiger partial charge in [-0.1, -0.05) is 24.3 Å². The van der Waals surface area contributed by atoms with Crippen LogP contribution in [0.1, 0.15) is 27.0 Å². The minimum atomic E-state index is -3.64. The molecule has 3 rings (SSSR count). The summed E-state index contributed by atoms with van der Waals surface area (Å²) in [5, 5.41) is 2.93. The summed E-state index contributed by atoms with van der Waals surface area (Å²) in [4.78, 5) is 12.8. The molecule has 0 unspecified atom stereocenters. The monoisotopic (exact) mass is 438 g/mol. The Morgan fingerprint density at radius 1 is 0.968 bits per heavy atom. The number of ether oxygens (including phenoxy) is 1. The minimum absolute atomic E-state index is 0.188. The van der Waals surface area contributed by atoms with E-state index >= 15 is 0 Å². The first kappa shape index (κ1) is 22.5. The number of anilines is 1. The standard InChI is InChI=1S/C24H26N2O4S/c1-17-6-5-7-23(18(17)2)25-24(27)20-10-8-19(9-11-20)16-26(3)31(28,29)22-14-12-21(30-4)13-15-22/h5-15H,16H2,1-4H3,(H,25,27). The molecule has 0 atom stereocenters. The molecule has 162 valence electrons. The van der Waals surface area contributed by atoms with Crippen LogP contribution < -0.4 is 10.1 Å². The van der Waals surface area contributed by atoms with Crippen LogP contribution in [0.2, 0.25) is 0 Å². The highest BCUT2D eigenvalue weighted by Crippen LogP contribution is 2.21. The molecule has 0 bridgehead atoms. The molecule has 0 radical (unpaired) electrons. The number of hydrogen-bond acceptors (Lipinski definition) is 4. The number of carbonyl (C=O) groups is 1. The number of nitrogens with one attached hydrogen (secondary N) is 1. The Balaban J connectivity index is 1.69. The summed E-state index contributed by atoms with van der Waals surface area (Å²) in [5.74, 6) is 0.385. The van der Waals surface area contributed by atoms with E-state index < -0.39 is 10.0 Å². The van der Waals surface area contributed by atoms with Gasteiger partial charge < -0.3 is 10.1 Å². The maximum absolute atomic E-state index is 12.8. The first-order valence-corrected chi connectivity index (χ1v) is 11.2. The molecule has 0 aliphatic rings. The summed E-state index contributed by atoms with van der Waals surface area (Å²) in [6.45, 7) is 4.15. The van der Waals surface area contributed by atoms with Crippen LogP contribution in [-0.2, 0) is 16.6 Å². The second-order valence-electron chi connectivity index (χ2n) is 7.34. The predicted molar refractivity (Wildman–Crippen MR) is 122 cm³/mol. The average molecular weight is 439 g/mol. The summed E-state index contributed by atoms with van der Waals surface area (Å²) in [6.07, 6.45) is 0. The SMILES string of the molecule is COc1ccc(S(=O)(=O)N(C)Cc2ccc(C(=O)Nc3cccc(C)c3C)cc2)cc1. The lowest BCUT2D eigenvalue weighted by Crippen LogP contribution is -2.26. The fourth-order valence-electron chi connectivity index (χ4n) is 3.11. The maximum atomic E-state index is 12.8. The zero-order chi connectivity index (χ0) is 22.6. The molecular formula is C24H26N2O4S. The Morgan fingerprint density at radius 2 is 1.61 bits per heavy atom. The Bertz CT molecular complexity index is 1170. The van der Waals surface area contributed by atoms with E-state index in [4.69, 9.17) is 4.74 Å². The smallest absolute Gasteiger partial charge is 0.255 e. The van der Waals surface area contributed by atoms with Crippen molar-refractivity contribution in [2.45, 2.75) is 25.3 Å². The molecule has 0 aliphatic carbocycles. The van der Waals surface area contributed by atoms with Gasteiger partial charge in [0.25, 0.3) is 5.91 Å². The molecule has 0 spiro atoms. The van der Waals surface area contributed by atoms with E-state index in [1.165, 1.54) is 30.6 Å². The van der Waals surface area contributed by atoms with E-state index in [2.05, 4.69) is 5.32 Å². The number of rotatable bonds is 7. The number of methoxy groups -OCH3 is 1. The molecular weight excluding hydrogens is 412 g/mol. The highest BCUT2D eigenvalue weighted by Gasteiger charge is 2.21. The molecule has 0 saturated heterocycles. The van der Waals surface area contributed by atoms with E-state index in [1.807, 2.05) is 32.0 Å². The summed E-state index contributed by atoms with van der Waals surface area (Å²) >= 11 is 0. The summed E-state index contributed by atoms with van der Waals surface area (Å²) in [6, 6.07) is 19.0. The Labute approximate surface area is 183 Å².